The Kier molecular flexibility index (Phi) is 5.02. The molecule has 0 aliphatic carbocycles. The number of nitro groups is 1. The average Bonchev–Trinajstić information content (AvgIpc) is 2.42. The van der Waals surface area contributed by atoms with E-state index in [1.165, 1.54) is 12.1 Å². The molecular formula is C14H18N2O5. The first-order valence-electron chi connectivity index (χ1n) is 6.33. The summed E-state index contributed by atoms with van der Waals surface area (Å²) in [6, 6.07) is 3.82. The number of hydrogen-bond donors (Lipinski definition) is 1. The van der Waals surface area contributed by atoms with E-state index in [1.807, 2.05) is 0 Å². The van der Waals surface area contributed by atoms with Gasteiger partial charge < -0.3 is 10.1 Å². The molecule has 1 aromatic rings. The molecule has 0 fully saturated rings. The summed E-state index contributed by atoms with van der Waals surface area (Å²) in [4.78, 5) is 33.9. The molecule has 0 saturated heterocycles. The van der Waals surface area contributed by atoms with Gasteiger partial charge in [-0.3, -0.25) is 14.9 Å². The number of rotatable bonds is 5. The van der Waals surface area contributed by atoms with Crippen LogP contribution >= 0.6 is 0 Å². The molecule has 0 aliphatic heterocycles. The first kappa shape index (κ1) is 16.6. The molecule has 0 saturated carbocycles. The fraction of sp³-hybridized carbons (Fsp3) is 0.429. The van der Waals surface area contributed by atoms with E-state index in [0.29, 0.717) is 5.69 Å². The highest BCUT2D eigenvalue weighted by Gasteiger charge is 2.24. The Morgan fingerprint density at radius 3 is 2.43 bits per heavy atom. The molecule has 21 heavy (non-hydrogen) atoms. The van der Waals surface area contributed by atoms with Gasteiger partial charge in [0.2, 0.25) is 0 Å². The molecule has 0 atom stereocenters. The number of ether oxygens (including phenoxy) is 1. The molecular weight excluding hydrogens is 276 g/mol. The Bertz CT molecular complexity index is 575. The Hall–Kier alpha value is -2.44. The molecule has 1 rings (SSSR count). The predicted octanol–water partition coefficient (Wildman–Crippen LogP) is 2.41. The summed E-state index contributed by atoms with van der Waals surface area (Å²) in [7, 11) is 1.58. The summed E-state index contributed by atoms with van der Waals surface area (Å²) < 4.78 is 4.94. The van der Waals surface area contributed by atoms with Crippen LogP contribution in [0.2, 0.25) is 0 Å². The SMILES string of the molecule is CNc1ccc([N+](=O)[O-])cc1C(=O)OCC(=O)C(C)(C)C. The van der Waals surface area contributed by atoms with E-state index >= 15 is 0 Å². The number of nitrogens with one attached hydrogen (secondary N) is 1. The Labute approximate surface area is 122 Å². The molecule has 1 aromatic carbocycles. The second-order valence-corrected chi connectivity index (χ2v) is 5.49. The molecule has 7 heteroatoms. The highest BCUT2D eigenvalue weighted by molar-refractivity contribution is 5.98. The molecule has 7 nitrogen and oxygen atoms in total. The third-order valence-corrected chi connectivity index (χ3v) is 2.87. The number of hydrogen-bond acceptors (Lipinski definition) is 6. The molecule has 0 amide bonds. The van der Waals surface area contributed by atoms with E-state index in [2.05, 4.69) is 5.32 Å². The molecule has 0 heterocycles. The highest BCUT2D eigenvalue weighted by atomic mass is 16.6. The number of non-ortho nitro benzene ring substituents is 1. The number of benzene rings is 1. The molecule has 114 valence electrons. The van der Waals surface area contributed by atoms with Crippen molar-refractivity contribution < 1.29 is 19.2 Å². The monoisotopic (exact) mass is 294 g/mol. The first-order chi connectivity index (χ1) is 9.66. The van der Waals surface area contributed by atoms with E-state index in [0.717, 1.165) is 6.07 Å². The summed E-state index contributed by atoms with van der Waals surface area (Å²) in [5.41, 5.74) is -0.417. The summed E-state index contributed by atoms with van der Waals surface area (Å²) >= 11 is 0. The number of carbonyl (C=O) groups excluding carboxylic acids is 2. The van der Waals surface area contributed by atoms with Crippen molar-refractivity contribution in [3.05, 3.63) is 33.9 Å². The van der Waals surface area contributed by atoms with Gasteiger partial charge in [-0.2, -0.15) is 0 Å². The van der Waals surface area contributed by atoms with Gasteiger partial charge in [0.25, 0.3) is 5.69 Å². The van der Waals surface area contributed by atoms with Crippen LogP contribution in [0, 0.1) is 15.5 Å². The van der Waals surface area contributed by atoms with Crippen molar-refractivity contribution in [1.82, 2.24) is 0 Å². The van der Waals surface area contributed by atoms with Crippen molar-refractivity contribution in [1.29, 1.82) is 0 Å². The van der Waals surface area contributed by atoms with Gasteiger partial charge in [0.15, 0.2) is 12.4 Å². The highest BCUT2D eigenvalue weighted by Crippen LogP contribution is 2.23. The van der Waals surface area contributed by atoms with E-state index in [1.54, 1.807) is 27.8 Å². The number of nitrogens with zero attached hydrogens (tertiary/aromatic N) is 1. The molecule has 0 unspecified atom stereocenters. The summed E-state index contributed by atoms with van der Waals surface area (Å²) in [5.74, 6) is -1.01. The molecule has 0 aromatic heterocycles. The third kappa shape index (κ3) is 4.27. The fourth-order valence-corrected chi connectivity index (χ4v) is 1.46. The zero-order valence-corrected chi connectivity index (χ0v) is 12.4. The zero-order chi connectivity index (χ0) is 16.2. The molecule has 0 spiro atoms. The second-order valence-electron chi connectivity index (χ2n) is 5.49. The number of Topliss-reactive ketones (excluding diaryl/α,β-unsaturated/α-hetero) is 1. The van der Waals surface area contributed by atoms with Crippen molar-refractivity contribution in [2.75, 3.05) is 19.0 Å². The van der Waals surface area contributed by atoms with Gasteiger partial charge >= 0.3 is 5.97 Å². The van der Waals surface area contributed by atoms with Crippen LogP contribution in [0.15, 0.2) is 18.2 Å². The lowest BCUT2D eigenvalue weighted by Crippen LogP contribution is -2.26. The fourth-order valence-electron chi connectivity index (χ4n) is 1.46. The number of anilines is 1. The topological polar surface area (TPSA) is 98.5 Å². The smallest absolute Gasteiger partial charge is 0.340 e. The number of nitro benzene ring substituents is 1. The van der Waals surface area contributed by atoms with Gasteiger partial charge in [-0.05, 0) is 6.07 Å². The van der Waals surface area contributed by atoms with Gasteiger partial charge in [-0.1, -0.05) is 20.8 Å². The van der Waals surface area contributed by atoms with Gasteiger partial charge in [-0.25, -0.2) is 4.79 Å². The predicted molar refractivity (Wildman–Crippen MR) is 77.4 cm³/mol. The minimum Gasteiger partial charge on any atom is -0.454 e. The van der Waals surface area contributed by atoms with Crippen molar-refractivity contribution in [2.24, 2.45) is 5.41 Å². The van der Waals surface area contributed by atoms with Gasteiger partial charge in [0, 0.05) is 30.3 Å². The van der Waals surface area contributed by atoms with Crippen LogP contribution in [0.4, 0.5) is 11.4 Å². The van der Waals surface area contributed by atoms with Gasteiger partial charge in [0.1, 0.15) is 0 Å². The maximum Gasteiger partial charge on any atom is 0.340 e. The minimum absolute atomic E-state index is 0.0217. The normalized spacial score (nSPS) is 10.9. The molecule has 0 radical (unpaired) electrons. The molecule has 0 aliphatic rings. The van der Waals surface area contributed by atoms with Crippen LogP contribution in [-0.4, -0.2) is 30.3 Å². The maximum absolute atomic E-state index is 12.0. The molecule has 1 N–H and O–H groups in total. The number of esters is 1. The minimum atomic E-state index is -0.777. The van der Waals surface area contributed by atoms with E-state index in [9.17, 15) is 19.7 Å². The molecule has 0 bridgehead atoms. The van der Waals surface area contributed by atoms with Crippen LogP contribution in [0.3, 0.4) is 0 Å². The average molecular weight is 294 g/mol. The standard InChI is InChI=1S/C14H18N2O5/c1-14(2,3)12(17)8-21-13(18)10-7-9(16(19)20)5-6-11(10)15-4/h5-7,15H,8H2,1-4H3. The Morgan fingerprint density at radius 2 is 1.95 bits per heavy atom. The largest absolute Gasteiger partial charge is 0.454 e. The van der Waals surface area contributed by atoms with Crippen molar-refractivity contribution in [2.45, 2.75) is 20.8 Å². The van der Waals surface area contributed by atoms with E-state index in [4.69, 9.17) is 4.74 Å². The lowest BCUT2D eigenvalue weighted by atomic mass is 9.91. The Morgan fingerprint density at radius 1 is 1.33 bits per heavy atom. The summed E-state index contributed by atoms with van der Waals surface area (Å²) in [6.07, 6.45) is 0. The summed E-state index contributed by atoms with van der Waals surface area (Å²) in [6.45, 7) is 4.79. The van der Waals surface area contributed by atoms with Crippen LogP contribution in [0.5, 0.6) is 0 Å². The van der Waals surface area contributed by atoms with Gasteiger partial charge in [0.05, 0.1) is 10.5 Å². The first-order valence-corrected chi connectivity index (χ1v) is 6.33. The van der Waals surface area contributed by atoms with Crippen LogP contribution < -0.4 is 5.32 Å². The lowest BCUT2D eigenvalue weighted by Gasteiger charge is -2.16. The van der Waals surface area contributed by atoms with Crippen LogP contribution in [-0.2, 0) is 9.53 Å². The van der Waals surface area contributed by atoms with Crippen LogP contribution in [0.25, 0.3) is 0 Å². The van der Waals surface area contributed by atoms with E-state index in [-0.39, 0.29) is 23.6 Å². The van der Waals surface area contributed by atoms with E-state index < -0.39 is 16.3 Å². The Balaban J connectivity index is 2.93. The van der Waals surface area contributed by atoms with Crippen molar-refractivity contribution in [3.63, 3.8) is 0 Å². The number of carbonyl (C=O) groups is 2. The maximum atomic E-state index is 12.0. The van der Waals surface area contributed by atoms with Crippen molar-refractivity contribution in [3.8, 4) is 0 Å². The van der Waals surface area contributed by atoms with Gasteiger partial charge in [-0.15, -0.1) is 0 Å². The third-order valence-electron chi connectivity index (χ3n) is 2.87. The lowest BCUT2D eigenvalue weighted by molar-refractivity contribution is -0.384. The van der Waals surface area contributed by atoms with Crippen molar-refractivity contribution >= 4 is 23.1 Å². The van der Waals surface area contributed by atoms with Crippen LogP contribution in [0.1, 0.15) is 31.1 Å². The summed E-state index contributed by atoms with van der Waals surface area (Å²) in [5, 5.41) is 13.5. The zero-order valence-electron chi connectivity index (χ0n) is 12.4. The second kappa shape index (κ2) is 6.34. The quantitative estimate of drug-likeness (QED) is 0.508. The number of ketones is 1.